The van der Waals surface area contributed by atoms with Gasteiger partial charge in [0, 0.05) is 5.54 Å². The molecule has 4 aliphatic rings. The monoisotopic (exact) mass is 301 g/mol. The van der Waals surface area contributed by atoms with E-state index in [2.05, 4.69) is 19.2 Å². The first-order valence-electron chi connectivity index (χ1n) is 7.81. The third-order valence-corrected chi connectivity index (χ3v) is 6.00. The summed E-state index contributed by atoms with van der Waals surface area (Å²) >= 11 is -2.12. The highest BCUT2D eigenvalue weighted by atomic mass is 32.2. The van der Waals surface area contributed by atoms with Crippen LogP contribution in [0.4, 0.5) is 0 Å². The van der Waals surface area contributed by atoms with Gasteiger partial charge in [0.2, 0.25) is 0 Å². The minimum atomic E-state index is -2.12. The van der Waals surface area contributed by atoms with Gasteiger partial charge >= 0.3 is 11.4 Å². The van der Waals surface area contributed by atoms with Crippen molar-refractivity contribution in [1.82, 2.24) is 5.32 Å². The highest BCUT2D eigenvalue weighted by Gasteiger charge is 2.59. The lowest BCUT2D eigenvalue weighted by molar-refractivity contribution is -0.117. The average molecular weight is 301 g/mol. The summed E-state index contributed by atoms with van der Waals surface area (Å²) in [5.74, 6) is 0.898. The van der Waals surface area contributed by atoms with Crippen molar-refractivity contribution >= 4 is 11.4 Å². The molecule has 3 unspecified atom stereocenters. The van der Waals surface area contributed by atoms with Crippen LogP contribution in [-0.4, -0.2) is 27.5 Å². The van der Waals surface area contributed by atoms with E-state index >= 15 is 0 Å². The molecule has 0 aromatic carbocycles. The molecule has 0 aromatic heterocycles. The quantitative estimate of drug-likeness (QED) is 0.585. The van der Waals surface area contributed by atoms with Gasteiger partial charge in [-0.05, 0) is 68.2 Å². The van der Waals surface area contributed by atoms with Crippen molar-refractivity contribution in [2.75, 3.05) is 13.2 Å². The fourth-order valence-corrected chi connectivity index (χ4v) is 6.46. The van der Waals surface area contributed by atoms with E-state index in [4.69, 9.17) is 8.74 Å². The van der Waals surface area contributed by atoms with Crippen molar-refractivity contribution in [3.05, 3.63) is 0 Å². The van der Waals surface area contributed by atoms with Gasteiger partial charge in [-0.25, -0.2) is 0 Å². The Hall–Kier alpha value is 0.0300. The standard InChI is InChI=1S/C15H27NO3S/c1-13-6-12-7-14(2,9-13)11-15(8-12,10-13)16-4-3-5-19-20(17)18/h12,16H,3-11H2,1-2H3,(H,17,18). The van der Waals surface area contributed by atoms with E-state index < -0.39 is 11.4 Å². The van der Waals surface area contributed by atoms with E-state index in [1.54, 1.807) is 0 Å². The summed E-state index contributed by atoms with van der Waals surface area (Å²) in [7, 11) is 0. The number of hydrogen-bond acceptors (Lipinski definition) is 3. The summed E-state index contributed by atoms with van der Waals surface area (Å²) in [6.07, 6.45) is 8.96. The van der Waals surface area contributed by atoms with Crippen LogP contribution in [0.25, 0.3) is 0 Å². The maximum absolute atomic E-state index is 10.4. The minimum absolute atomic E-state index is 0.321. The third-order valence-electron chi connectivity index (χ3n) is 5.63. The van der Waals surface area contributed by atoms with Crippen LogP contribution in [-0.2, 0) is 15.5 Å². The molecule has 20 heavy (non-hydrogen) atoms. The van der Waals surface area contributed by atoms with Crippen LogP contribution in [0.5, 0.6) is 0 Å². The maximum atomic E-state index is 10.4. The normalized spacial score (nSPS) is 47.6. The topological polar surface area (TPSA) is 58.6 Å². The largest absolute Gasteiger partial charge is 0.311 e. The van der Waals surface area contributed by atoms with Crippen LogP contribution in [0.3, 0.4) is 0 Å². The molecule has 0 aliphatic heterocycles. The SMILES string of the molecule is CC12CC3CC(C)(C1)CC(NCCCOS(=O)O)(C3)C2. The Morgan fingerprint density at radius 3 is 2.40 bits per heavy atom. The van der Waals surface area contributed by atoms with Crippen LogP contribution in [0.2, 0.25) is 0 Å². The van der Waals surface area contributed by atoms with Gasteiger partial charge in [-0.2, -0.15) is 4.21 Å². The molecule has 4 aliphatic carbocycles. The predicted octanol–water partition coefficient (Wildman–Crippen LogP) is 2.87. The molecule has 0 heterocycles. The van der Waals surface area contributed by atoms with Crippen molar-refractivity contribution < 1.29 is 12.9 Å². The van der Waals surface area contributed by atoms with Gasteiger partial charge in [-0.15, -0.1) is 0 Å². The summed E-state index contributed by atoms with van der Waals surface area (Å²) in [6, 6.07) is 0. The summed E-state index contributed by atoms with van der Waals surface area (Å²) in [5, 5.41) is 3.79. The zero-order valence-corrected chi connectivity index (χ0v) is 13.4. The highest BCUT2D eigenvalue weighted by Crippen LogP contribution is 2.66. The predicted molar refractivity (Wildman–Crippen MR) is 79.5 cm³/mol. The van der Waals surface area contributed by atoms with Crippen LogP contribution >= 0.6 is 0 Å². The molecule has 4 saturated carbocycles. The molecular weight excluding hydrogens is 274 g/mol. The van der Waals surface area contributed by atoms with E-state index in [0.717, 1.165) is 18.9 Å². The molecule has 0 saturated heterocycles. The molecule has 116 valence electrons. The van der Waals surface area contributed by atoms with Crippen molar-refractivity contribution in [3.8, 4) is 0 Å². The Kier molecular flexibility index (Phi) is 3.77. The Bertz CT molecular complexity index is 396. The van der Waals surface area contributed by atoms with E-state index in [0.29, 0.717) is 23.0 Å². The number of hydrogen-bond donors (Lipinski definition) is 2. The molecule has 4 fully saturated rings. The lowest BCUT2D eigenvalue weighted by Gasteiger charge is -2.65. The van der Waals surface area contributed by atoms with Crippen molar-refractivity contribution in [2.24, 2.45) is 16.7 Å². The molecule has 0 amide bonds. The second-order valence-corrected chi connectivity index (χ2v) is 8.90. The Labute approximate surface area is 124 Å². The molecule has 5 heteroatoms. The number of nitrogens with one attached hydrogen (secondary N) is 1. The molecule has 2 N–H and O–H groups in total. The van der Waals surface area contributed by atoms with Gasteiger partial charge in [0.15, 0.2) is 0 Å². The molecular formula is C15H27NO3S. The summed E-state index contributed by atoms with van der Waals surface area (Å²) in [6.45, 7) is 6.19. The minimum Gasteiger partial charge on any atom is -0.311 e. The number of rotatable bonds is 6. The fourth-order valence-electron chi connectivity index (χ4n) is 6.20. The Morgan fingerprint density at radius 2 is 1.85 bits per heavy atom. The van der Waals surface area contributed by atoms with Crippen LogP contribution in [0.1, 0.15) is 58.8 Å². The Morgan fingerprint density at radius 1 is 1.20 bits per heavy atom. The fraction of sp³-hybridized carbons (Fsp3) is 1.00. The van der Waals surface area contributed by atoms with Crippen molar-refractivity contribution in [1.29, 1.82) is 0 Å². The molecule has 4 rings (SSSR count). The summed E-state index contributed by atoms with van der Waals surface area (Å²) in [5.41, 5.74) is 1.38. The van der Waals surface area contributed by atoms with Gasteiger partial charge in [0.05, 0.1) is 6.61 Å². The molecule has 0 aromatic rings. The average Bonchev–Trinajstić information content (AvgIpc) is 2.22. The smallest absolute Gasteiger partial charge is 0.301 e. The van der Waals surface area contributed by atoms with E-state index in [-0.39, 0.29) is 0 Å². The van der Waals surface area contributed by atoms with E-state index in [1.807, 2.05) is 0 Å². The van der Waals surface area contributed by atoms with Crippen LogP contribution in [0, 0.1) is 16.7 Å². The summed E-state index contributed by atoms with van der Waals surface area (Å²) < 4.78 is 23.7. The van der Waals surface area contributed by atoms with E-state index in [9.17, 15) is 4.21 Å². The van der Waals surface area contributed by atoms with Gasteiger partial charge in [-0.1, -0.05) is 13.8 Å². The van der Waals surface area contributed by atoms with E-state index in [1.165, 1.54) is 38.5 Å². The molecule has 0 spiro atoms. The third kappa shape index (κ3) is 2.96. The summed E-state index contributed by atoms with van der Waals surface area (Å²) in [4.78, 5) is 0. The molecule has 3 atom stereocenters. The zero-order valence-electron chi connectivity index (χ0n) is 12.6. The Balaban J connectivity index is 1.57. The lowest BCUT2D eigenvalue weighted by Crippen LogP contribution is -2.64. The van der Waals surface area contributed by atoms with Crippen molar-refractivity contribution in [3.63, 3.8) is 0 Å². The second kappa shape index (κ2) is 5.04. The van der Waals surface area contributed by atoms with Crippen LogP contribution in [0.15, 0.2) is 0 Å². The van der Waals surface area contributed by atoms with Crippen molar-refractivity contribution in [2.45, 2.75) is 64.3 Å². The van der Waals surface area contributed by atoms with Gasteiger partial charge < -0.3 is 5.32 Å². The molecule has 0 radical (unpaired) electrons. The van der Waals surface area contributed by atoms with Crippen LogP contribution < -0.4 is 5.32 Å². The van der Waals surface area contributed by atoms with Gasteiger partial charge in [-0.3, -0.25) is 8.74 Å². The second-order valence-electron chi connectivity index (χ2n) is 8.23. The molecule has 4 bridgehead atoms. The first-order chi connectivity index (χ1) is 9.32. The zero-order chi connectivity index (χ0) is 14.4. The maximum Gasteiger partial charge on any atom is 0.301 e. The first-order valence-corrected chi connectivity index (χ1v) is 8.85. The molecule has 4 nitrogen and oxygen atoms in total. The first kappa shape index (κ1) is 14.9. The van der Waals surface area contributed by atoms with Gasteiger partial charge in [0.25, 0.3) is 0 Å². The lowest BCUT2D eigenvalue weighted by atomic mass is 9.43. The highest BCUT2D eigenvalue weighted by molar-refractivity contribution is 7.74. The van der Waals surface area contributed by atoms with Gasteiger partial charge in [0.1, 0.15) is 0 Å².